The number of anilines is 1. The number of hydrogen-bond acceptors (Lipinski definition) is 4. The molecule has 0 aromatic heterocycles. The number of nitrogens with two attached hydrogens (primary N) is 2. The fourth-order valence-corrected chi connectivity index (χ4v) is 1.81. The van der Waals surface area contributed by atoms with Crippen LogP contribution in [0.3, 0.4) is 0 Å². The highest BCUT2D eigenvalue weighted by Gasteiger charge is 2.56. The zero-order valence-corrected chi connectivity index (χ0v) is 10.8. The van der Waals surface area contributed by atoms with Gasteiger partial charge < -0.3 is 16.2 Å². The van der Waals surface area contributed by atoms with Crippen molar-refractivity contribution >= 4 is 24.1 Å². The van der Waals surface area contributed by atoms with Crippen molar-refractivity contribution in [2.24, 2.45) is 10.7 Å². The lowest BCUT2D eigenvalue weighted by Gasteiger charge is -2.37. The van der Waals surface area contributed by atoms with Crippen molar-refractivity contribution < 1.29 is 17.9 Å². The van der Waals surface area contributed by atoms with E-state index in [-0.39, 0.29) is 23.7 Å². The standard InChI is InChI=1S/C11H12F3N3O.ClH/c1-10(7-4-6(15)2-3-8(7)12)11(13,14)5-18-9(16)17-10;/h2-4H,5,15H2,1H3,(H2,16,17);1H/t10-;/m1./s1. The summed E-state index contributed by atoms with van der Waals surface area (Å²) in [6.45, 7) is 0.146. The second-order valence-electron chi connectivity index (χ2n) is 4.25. The Hall–Kier alpha value is -1.63. The Morgan fingerprint density at radius 2 is 1.95 bits per heavy atom. The molecule has 1 aliphatic rings. The number of halogens is 4. The van der Waals surface area contributed by atoms with Crippen molar-refractivity contribution in [2.45, 2.75) is 18.4 Å². The zero-order chi connectivity index (χ0) is 13.6. The topological polar surface area (TPSA) is 73.6 Å². The second kappa shape index (κ2) is 4.80. The van der Waals surface area contributed by atoms with E-state index in [1.54, 1.807) is 0 Å². The lowest BCUT2D eigenvalue weighted by Crippen LogP contribution is -2.51. The first kappa shape index (κ1) is 15.4. The Balaban J connectivity index is 0.00000180. The molecule has 1 heterocycles. The number of ether oxygens (including phenoxy) is 1. The molecule has 8 heteroatoms. The van der Waals surface area contributed by atoms with Crippen LogP contribution in [0, 0.1) is 5.82 Å². The van der Waals surface area contributed by atoms with Crippen molar-refractivity contribution in [3.05, 3.63) is 29.6 Å². The predicted molar refractivity (Wildman–Crippen MR) is 67.9 cm³/mol. The molecule has 2 rings (SSSR count). The van der Waals surface area contributed by atoms with Crippen LogP contribution in [0.1, 0.15) is 12.5 Å². The smallest absolute Gasteiger partial charge is 0.310 e. The third-order valence-electron chi connectivity index (χ3n) is 2.96. The molecule has 106 valence electrons. The van der Waals surface area contributed by atoms with Crippen molar-refractivity contribution in [2.75, 3.05) is 12.3 Å². The molecule has 1 aromatic rings. The molecule has 0 unspecified atom stereocenters. The molecular formula is C11H13ClF3N3O. The lowest BCUT2D eigenvalue weighted by molar-refractivity contribution is -0.117. The van der Waals surface area contributed by atoms with Crippen LogP contribution < -0.4 is 11.5 Å². The summed E-state index contributed by atoms with van der Waals surface area (Å²) in [6, 6.07) is 3.04. The lowest BCUT2D eigenvalue weighted by atomic mass is 9.85. The van der Waals surface area contributed by atoms with Crippen molar-refractivity contribution in [3.63, 3.8) is 0 Å². The van der Waals surface area contributed by atoms with Gasteiger partial charge in [-0.05, 0) is 25.1 Å². The summed E-state index contributed by atoms with van der Waals surface area (Å²) >= 11 is 0. The number of nitrogen functional groups attached to an aromatic ring is 1. The molecule has 0 saturated carbocycles. The molecule has 0 fully saturated rings. The molecule has 0 bridgehead atoms. The van der Waals surface area contributed by atoms with Gasteiger partial charge in [0.2, 0.25) is 0 Å². The maximum Gasteiger partial charge on any atom is 0.310 e. The summed E-state index contributed by atoms with van der Waals surface area (Å²) in [5.41, 5.74) is 8.52. The maximum atomic E-state index is 13.9. The van der Waals surface area contributed by atoms with Gasteiger partial charge in [0.15, 0.2) is 12.1 Å². The molecule has 1 atom stereocenters. The summed E-state index contributed by atoms with van der Waals surface area (Å²) in [5.74, 6) is -4.20. The number of amidine groups is 1. The van der Waals surface area contributed by atoms with Gasteiger partial charge in [0.05, 0.1) is 0 Å². The second-order valence-corrected chi connectivity index (χ2v) is 4.25. The highest BCUT2D eigenvalue weighted by atomic mass is 35.5. The molecule has 0 radical (unpaired) electrons. The number of aliphatic imine (C=N–C) groups is 1. The minimum absolute atomic E-state index is 0. The molecular weight excluding hydrogens is 283 g/mol. The maximum absolute atomic E-state index is 13.9. The fourth-order valence-electron chi connectivity index (χ4n) is 1.81. The molecule has 0 amide bonds. The van der Waals surface area contributed by atoms with Gasteiger partial charge in [0.25, 0.3) is 6.02 Å². The van der Waals surface area contributed by atoms with Gasteiger partial charge in [0.1, 0.15) is 5.82 Å². The third-order valence-corrected chi connectivity index (χ3v) is 2.96. The molecule has 1 aliphatic heterocycles. The molecule has 4 nitrogen and oxygen atoms in total. The van der Waals surface area contributed by atoms with Gasteiger partial charge in [-0.1, -0.05) is 0 Å². The van der Waals surface area contributed by atoms with Gasteiger partial charge in [-0.3, -0.25) is 0 Å². The summed E-state index contributed by atoms with van der Waals surface area (Å²) in [4.78, 5) is 3.57. The summed E-state index contributed by atoms with van der Waals surface area (Å²) < 4.78 is 46.1. The highest BCUT2D eigenvalue weighted by molar-refractivity contribution is 5.85. The van der Waals surface area contributed by atoms with Gasteiger partial charge in [0, 0.05) is 11.3 Å². The Kier molecular flexibility index (Phi) is 3.90. The van der Waals surface area contributed by atoms with Gasteiger partial charge in [-0.2, -0.15) is 8.78 Å². The normalized spacial score (nSPS) is 24.9. The van der Waals surface area contributed by atoms with Gasteiger partial charge in [-0.25, -0.2) is 9.38 Å². The average Bonchev–Trinajstić information content (AvgIpc) is 2.28. The van der Waals surface area contributed by atoms with Crippen LogP contribution >= 0.6 is 12.4 Å². The van der Waals surface area contributed by atoms with Crippen LogP contribution in [-0.4, -0.2) is 18.6 Å². The molecule has 0 aliphatic carbocycles. The van der Waals surface area contributed by atoms with Crippen LogP contribution in [0.2, 0.25) is 0 Å². The number of benzene rings is 1. The van der Waals surface area contributed by atoms with E-state index < -0.39 is 29.9 Å². The molecule has 1 aromatic carbocycles. The SMILES string of the molecule is C[C@]1(c2cc(N)ccc2F)N=C(N)OCC1(F)F.Cl. The van der Waals surface area contributed by atoms with Crippen molar-refractivity contribution in [1.82, 2.24) is 0 Å². The number of rotatable bonds is 1. The quantitative estimate of drug-likeness (QED) is 0.779. The van der Waals surface area contributed by atoms with E-state index in [9.17, 15) is 13.2 Å². The molecule has 19 heavy (non-hydrogen) atoms. The number of alkyl halides is 2. The Labute approximate surface area is 114 Å². The van der Waals surface area contributed by atoms with Gasteiger partial charge in [-0.15, -0.1) is 12.4 Å². The molecule has 4 N–H and O–H groups in total. The van der Waals surface area contributed by atoms with E-state index in [4.69, 9.17) is 11.5 Å². The monoisotopic (exact) mass is 295 g/mol. The van der Waals surface area contributed by atoms with E-state index >= 15 is 0 Å². The van der Waals surface area contributed by atoms with E-state index in [0.717, 1.165) is 19.1 Å². The van der Waals surface area contributed by atoms with E-state index in [2.05, 4.69) is 9.73 Å². The first-order valence-corrected chi connectivity index (χ1v) is 5.18. The largest absolute Gasteiger partial charge is 0.459 e. The molecule has 0 saturated heterocycles. The Bertz CT molecular complexity index is 524. The van der Waals surface area contributed by atoms with Crippen LogP contribution in [0.4, 0.5) is 18.9 Å². The highest BCUT2D eigenvalue weighted by Crippen LogP contribution is 2.44. The van der Waals surface area contributed by atoms with E-state index in [1.807, 2.05) is 0 Å². The minimum atomic E-state index is -3.38. The first-order chi connectivity index (χ1) is 8.26. The third kappa shape index (κ3) is 2.42. The van der Waals surface area contributed by atoms with E-state index in [1.165, 1.54) is 6.07 Å². The predicted octanol–water partition coefficient (Wildman–Crippen LogP) is 2.03. The van der Waals surface area contributed by atoms with Crippen molar-refractivity contribution in [3.8, 4) is 0 Å². The van der Waals surface area contributed by atoms with Crippen LogP contribution in [-0.2, 0) is 10.3 Å². The van der Waals surface area contributed by atoms with Crippen LogP contribution in [0.15, 0.2) is 23.2 Å². The minimum Gasteiger partial charge on any atom is -0.459 e. The Morgan fingerprint density at radius 3 is 2.58 bits per heavy atom. The summed E-state index contributed by atoms with van der Waals surface area (Å²) in [7, 11) is 0. The summed E-state index contributed by atoms with van der Waals surface area (Å²) in [5, 5.41) is 0. The fraction of sp³-hybridized carbons (Fsp3) is 0.364. The summed E-state index contributed by atoms with van der Waals surface area (Å²) in [6.07, 6.45) is 0. The number of nitrogens with zero attached hydrogens (tertiary/aromatic N) is 1. The van der Waals surface area contributed by atoms with Crippen molar-refractivity contribution in [1.29, 1.82) is 0 Å². The van der Waals surface area contributed by atoms with E-state index in [0.29, 0.717) is 0 Å². The zero-order valence-electron chi connectivity index (χ0n) is 9.99. The van der Waals surface area contributed by atoms with Crippen LogP contribution in [0.5, 0.6) is 0 Å². The molecule has 0 spiro atoms. The van der Waals surface area contributed by atoms with Crippen LogP contribution in [0.25, 0.3) is 0 Å². The van der Waals surface area contributed by atoms with Gasteiger partial charge >= 0.3 is 5.92 Å². The number of hydrogen-bond donors (Lipinski definition) is 2. The first-order valence-electron chi connectivity index (χ1n) is 5.18. The Morgan fingerprint density at radius 1 is 1.32 bits per heavy atom. The average molecular weight is 296 g/mol.